The molecule has 1 aromatic heterocycles. The Morgan fingerprint density at radius 2 is 2.00 bits per heavy atom. The van der Waals surface area contributed by atoms with Gasteiger partial charge in [0.05, 0.1) is 12.6 Å². The zero-order valence-corrected chi connectivity index (χ0v) is 19.1. The molecule has 4 rings (SSSR count). The van der Waals surface area contributed by atoms with Gasteiger partial charge in [-0.3, -0.25) is 4.79 Å². The fourth-order valence-corrected chi connectivity index (χ4v) is 4.72. The summed E-state index contributed by atoms with van der Waals surface area (Å²) in [4.78, 5) is 13.4. The highest BCUT2D eigenvalue weighted by molar-refractivity contribution is 8.00. The Kier molecular flexibility index (Phi) is 6.38. The predicted molar refractivity (Wildman–Crippen MR) is 124 cm³/mol. The first kappa shape index (κ1) is 21.5. The quantitative estimate of drug-likeness (QED) is 0.563. The number of hydrogen-bond acceptors (Lipinski definition) is 6. The molecule has 0 saturated carbocycles. The molecule has 0 unspecified atom stereocenters. The van der Waals surface area contributed by atoms with E-state index in [9.17, 15) is 4.79 Å². The molecule has 3 aromatic rings. The first-order chi connectivity index (χ1) is 15.0. The number of aromatic nitrogens is 3. The maximum atomic E-state index is 13.4. The highest BCUT2D eigenvalue weighted by atomic mass is 35.5. The normalized spacial score (nSPS) is 17.5. The Balaban J connectivity index is 1.66. The van der Waals surface area contributed by atoms with Gasteiger partial charge in [-0.25, -0.2) is 4.68 Å². The molecule has 2 aromatic carbocycles. The van der Waals surface area contributed by atoms with Crippen LogP contribution in [0.1, 0.15) is 36.8 Å². The van der Waals surface area contributed by atoms with E-state index in [4.69, 9.17) is 16.3 Å². The van der Waals surface area contributed by atoms with E-state index in [-0.39, 0.29) is 11.9 Å². The molecule has 0 bridgehead atoms. The molecule has 31 heavy (non-hydrogen) atoms. The van der Waals surface area contributed by atoms with Crippen LogP contribution in [-0.4, -0.2) is 32.6 Å². The van der Waals surface area contributed by atoms with Crippen molar-refractivity contribution in [2.75, 3.05) is 17.3 Å². The molecule has 2 heterocycles. The summed E-state index contributed by atoms with van der Waals surface area (Å²) in [6, 6.07) is 13.0. The third-order valence-electron chi connectivity index (χ3n) is 5.09. The molecule has 0 fully saturated rings. The van der Waals surface area contributed by atoms with Crippen LogP contribution in [0.25, 0.3) is 0 Å². The Morgan fingerprint density at radius 1 is 1.23 bits per heavy atom. The zero-order valence-electron chi connectivity index (χ0n) is 17.6. The summed E-state index contributed by atoms with van der Waals surface area (Å²) < 4.78 is 7.44. The number of aryl methyl sites for hydroxylation is 2. The number of benzene rings is 2. The summed E-state index contributed by atoms with van der Waals surface area (Å²) >= 11 is 7.53. The molecular formula is C22H24ClN5O2S. The number of halogens is 1. The summed E-state index contributed by atoms with van der Waals surface area (Å²) in [7, 11) is 0. The lowest BCUT2D eigenvalue weighted by Gasteiger charge is -2.33. The number of rotatable bonds is 6. The summed E-state index contributed by atoms with van der Waals surface area (Å²) in [5, 5.41) is 12.3. The predicted octanol–water partition coefficient (Wildman–Crippen LogP) is 4.60. The average Bonchev–Trinajstić information content (AvgIpc) is 3.18. The largest absolute Gasteiger partial charge is 0.494 e. The number of hydrogen-bond donors (Lipinski definition) is 2. The molecule has 0 aliphatic carbocycles. The van der Waals surface area contributed by atoms with Gasteiger partial charge in [0.1, 0.15) is 11.0 Å². The fourth-order valence-electron chi connectivity index (χ4n) is 3.45. The van der Waals surface area contributed by atoms with Crippen LogP contribution < -0.4 is 15.5 Å². The summed E-state index contributed by atoms with van der Waals surface area (Å²) in [6.45, 7) is 6.51. The number of ether oxygens (including phenoxy) is 1. The molecule has 2 atom stereocenters. The molecule has 1 aliphatic heterocycles. The van der Waals surface area contributed by atoms with E-state index in [1.807, 2.05) is 55.8 Å². The van der Waals surface area contributed by atoms with E-state index < -0.39 is 5.25 Å². The van der Waals surface area contributed by atoms with E-state index >= 15 is 0 Å². The van der Waals surface area contributed by atoms with Crippen molar-refractivity contribution in [2.45, 2.75) is 43.6 Å². The highest BCUT2D eigenvalue weighted by Crippen LogP contribution is 2.38. The van der Waals surface area contributed by atoms with E-state index in [2.05, 4.69) is 20.9 Å². The van der Waals surface area contributed by atoms with Gasteiger partial charge in [0.2, 0.25) is 11.1 Å². The third-order valence-corrected chi connectivity index (χ3v) is 6.54. The maximum absolute atomic E-state index is 13.4. The van der Waals surface area contributed by atoms with Gasteiger partial charge in [-0.2, -0.15) is 0 Å². The van der Waals surface area contributed by atoms with Crippen LogP contribution in [0.5, 0.6) is 5.75 Å². The van der Waals surface area contributed by atoms with Gasteiger partial charge in [0.15, 0.2) is 5.82 Å². The summed E-state index contributed by atoms with van der Waals surface area (Å²) in [5.41, 5.74) is 6.07. The number of thioether (sulfide) groups is 1. The topological polar surface area (TPSA) is 81.1 Å². The molecule has 9 heteroatoms. The molecule has 1 aliphatic rings. The third kappa shape index (κ3) is 4.50. The number of amides is 1. The SMILES string of the molecule is CCOc1ccc([C@H]2Nn3c(CC)nnc3S[C@@H]2C(=O)Nc2cc(Cl)ccc2C)cc1. The molecule has 162 valence electrons. The Bertz CT molecular complexity index is 1090. The molecule has 1 amide bonds. The summed E-state index contributed by atoms with van der Waals surface area (Å²) in [5.74, 6) is 1.49. The first-order valence-corrected chi connectivity index (χ1v) is 11.4. The molecule has 0 spiro atoms. The van der Waals surface area contributed by atoms with Gasteiger partial charge in [-0.05, 0) is 49.2 Å². The molecule has 2 N–H and O–H groups in total. The number of nitrogens with one attached hydrogen (secondary N) is 2. The minimum Gasteiger partial charge on any atom is -0.494 e. The van der Waals surface area contributed by atoms with Crippen LogP contribution in [0.3, 0.4) is 0 Å². The van der Waals surface area contributed by atoms with Crippen LogP contribution in [0.4, 0.5) is 5.69 Å². The van der Waals surface area contributed by atoms with Crippen molar-refractivity contribution in [3.8, 4) is 5.75 Å². The van der Waals surface area contributed by atoms with Crippen LogP contribution in [0.2, 0.25) is 5.02 Å². The second kappa shape index (κ2) is 9.20. The van der Waals surface area contributed by atoms with Crippen molar-refractivity contribution in [1.82, 2.24) is 14.9 Å². The average molecular weight is 458 g/mol. The fraction of sp³-hybridized carbons (Fsp3) is 0.318. The number of nitrogens with zero attached hydrogens (tertiary/aromatic N) is 3. The molecule has 0 saturated heterocycles. The van der Waals surface area contributed by atoms with Crippen molar-refractivity contribution in [2.24, 2.45) is 0 Å². The van der Waals surface area contributed by atoms with Crippen LogP contribution in [0.15, 0.2) is 47.6 Å². The van der Waals surface area contributed by atoms with Crippen LogP contribution >= 0.6 is 23.4 Å². The van der Waals surface area contributed by atoms with E-state index in [1.165, 1.54) is 11.8 Å². The minimum atomic E-state index is -0.460. The van der Waals surface area contributed by atoms with Crippen LogP contribution in [-0.2, 0) is 11.2 Å². The molecule has 0 radical (unpaired) electrons. The smallest absolute Gasteiger partial charge is 0.240 e. The van der Waals surface area contributed by atoms with Crippen molar-refractivity contribution in [1.29, 1.82) is 0 Å². The highest BCUT2D eigenvalue weighted by Gasteiger charge is 2.37. The van der Waals surface area contributed by atoms with Crippen molar-refractivity contribution < 1.29 is 9.53 Å². The van der Waals surface area contributed by atoms with E-state index in [0.717, 1.165) is 29.1 Å². The molecular weight excluding hydrogens is 434 g/mol. The van der Waals surface area contributed by atoms with Gasteiger partial charge in [-0.1, -0.05) is 48.5 Å². The standard InChI is InChI=1S/C22H24ClN5O2S/c1-4-18-25-26-22-28(18)27-19(14-7-10-16(11-8-14)30-5-2)20(31-22)21(29)24-17-12-15(23)9-6-13(17)3/h6-12,19-20,27H,4-5H2,1-3H3,(H,24,29)/t19-,20+/m1/s1. The Hall–Kier alpha value is -2.71. The second-order valence-corrected chi connectivity index (χ2v) is 8.73. The van der Waals surface area contributed by atoms with Gasteiger partial charge in [0, 0.05) is 17.1 Å². The monoisotopic (exact) mass is 457 g/mol. The lowest BCUT2D eigenvalue weighted by atomic mass is 10.0. The molecule has 7 nitrogen and oxygen atoms in total. The summed E-state index contributed by atoms with van der Waals surface area (Å²) in [6.07, 6.45) is 0.731. The Labute approximate surface area is 190 Å². The van der Waals surface area contributed by atoms with Crippen LogP contribution in [0, 0.1) is 6.92 Å². The first-order valence-electron chi connectivity index (χ1n) is 10.2. The lowest BCUT2D eigenvalue weighted by molar-refractivity contribution is -0.116. The number of carbonyl (C=O) groups excluding carboxylic acids is 1. The number of anilines is 1. The maximum Gasteiger partial charge on any atom is 0.240 e. The van der Waals surface area contributed by atoms with Gasteiger partial charge in [0.25, 0.3) is 0 Å². The van der Waals surface area contributed by atoms with E-state index in [1.54, 1.807) is 12.1 Å². The zero-order chi connectivity index (χ0) is 22.0. The minimum absolute atomic E-state index is 0.131. The van der Waals surface area contributed by atoms with Gasteiger partial charge >= 0.3 is 0 Å². The van der Waals surface area contributed by atoms with Crippen molar-refractivity contribution in [3.63, 3.8) is 0 Å². The number of fused-ring (bicyclic) bond motifs is 1. The lowest BCUT2D eigenvalue weighted by Crippen LogP contribution is -2.41. The Morgan fingerprint density at radius 3 is 2.71 bits per heavy atom. The second-order valence-electron chi connectivity index (χ2n) is 7.18. The van der Waals surface area contributed by atoms with Crippen molar-refractivity contribution in [3.05, 3.63) is 64.4 Å². The van der Waals surface area contributed by atoms with Gasteiger partial charge in [-0.15, -0.1) is 10.2 Å². The number of carbonyl (C=O) groups is 1. The van der Waals surface area contributed by atoms with Gasteiger partial charge < -0.3 is 15.5 Å². The van der Waals surface area contributed by atoms with Crippen molar-refractivity contribution >= 4 is 35.0 Å². The van der Waals surface area contributed by atoms with E-state index in [0.29, 0.717) is 22.5 Å².